The Bertz CT molecular complexity index is 1500. The van der Waals surface area contributed by atoms with Gasteiger partial charge in [-0.05, 0) is 84.6 Å². The Hall–Kier alpha value is -4.11. The Morgan fingerprint density at radius 3 is 2.27 bits per heavy atom. The van der Waals surface area contributed by atoms with Crippen molar-refractivity contribution in [1.82, 2.24) is 4.90 Å². The number of halogens is 1. The minimum Gasteiger partial charge on any atom is -0.493 e. The van der Waals surface area contributed by atoms with Gasteiger partial charge in [0.05, 0.1) is 19.9 Å². The van der Waals surface area contributed by atoms with E-state index in [1.807, 2.05) is 24.3 Å². The Balaban J connectivity index is 1.58. The number of unbranched alkanes of at least 4 members (excludes halogenated alkanes) is 2. The summed E-state index contributed by atoms with van der Waals surface area (Å²) < 4.78 is 55.2. The molecule has 0 saturated carbocycles. The molecule has 1 heterocycles. The topological polar surface area (TPSA) is 86.0 Å². The number of benzene rings is 3. The maximum Gasteiger partial charge on any atom is 0.339 e. The number of nitrogens with zero attached hydrogens (tertiary/aromatic N) is 1. The molecule has 210 valence electrons. The number of furan rings is 1. The number of methoxy groups -OCH3 is 1. The monoisotopic (exact) mass is 565 g/mol. The van der Waals surface area contributed by atoms with Crippen LogP contribution in [-0.2, 0) is 29.6 Å². The number of carbonyl (C=O) groups is 1. The Morgan fingerprint density at radius 2 is 1.62 bits per heavy atom. The van der Waals surface area contributed by atoms with E-state index < -0.39 is 15.9 Å². The van der Waals surface area contributed by atoms with Gasteiger partial charge >= 0.3 is 10.1 Å². The predicted molar refractivity (Wildman–Crippen MR) is 149 cm³/mol. The largest absolute Gasteiger partial charge is 0.493 e. The number of hydrogen-bond acceptors (Lipinski definition) is 6. The van der Waals surface area contributed by atoms with Crippen LogP contribution in [0.5, 0.6) is 11.5 Å². The van der Waals surface area contributed by atoms with E-state index in [1.54, 1.807) is 35.4 Å². The standard InChI is InChI=1S/C31H32FNO6S/c1-3-4-5-7-23-9-12-25(13-10-23)31(34)33(22-27-8-6-19-38-27)21-24-11-18-29(37-2)30(20-24)39-40(35,36)28-16-14-26(32)15-17-28/h6,8-20H,3-5,7,21-22H2,1-2H3. The van der Waals surface area contributed by atoms with Crippen LogP contribution in [0.15, 0.2) is 94.4 Å². The van der Waals surface area contributed by atoms with Gasteiger partial charge in [-0.2, -0.15) is 8.42 Å². The van der Waals surface area contributed by atoms with Crippen molar-refractivity contribution in [3.05, 3.63) is 113 Å². The molecule has 0 aliphatic heterocycles. The molecule has 0 bridgehead atoms. The maximum atomic E-state index is 13.6. The van der Waals surface area contributed by atoms with Crippen LogP contribution in [-0.4, -0.2) is 26.3 Å². The summed E-state index contributed by atoms with van der Waals surface area (Å²) in [6.45, 7) is 2.52. The second-order valence-electron chi connectivity index (χ2n) is 9.37. The fraction of sp³-hybridized carbons (Fsp3) is 0.258. The lowest BCUT2D eigenvalue weighted by molar-refractivity contribution is 0.0717. The highest BCUT2D eigenvalue weighted by Crippen LogP contribution is 2.32. The summed E-state index contributed by atoms with van der Waals surface area (Å²) in [4.78, 5) is 15.0. The average Bonchev–Trinajstić information content (AvgIpc) is 3.46. The van der Waals surface area contributed by atoms with Crippen molar-refractivity contribution < 1.29 is 30.9 Å². The van der Waals surface area contributed by atoms with Gasteiger partial charge in [-0.15, -0.1) is 0 Å². The van der Waals surface area contributed by atoms with Crippen molar-refractivity contribution in [2.45, 2.75) is 50.6 Å². The molecule has 1 amide bonds. The van der Waals surface area contributed by atoms with Crippen molar-refractivity contribution in [2.24, 2.45) is 0 Å². The highest BCUT2D eigenvalue weighted by atomic mass is 32.2. The quantitative estimate of drug-likeness (QED) is 0.131. The Morgan fingerprint density at radius 1 is 0.900 bits per heavy atom. The lowest BCUT2D eigenvalue weighted by Crippen LogP contribution is -2.30. The van der Waals surface area contributed by atoms with Crippen LogP contribution < -0.4 is 8.92 Å². The number of carbonyl (C=O) groups excluding carboxylic acids is 1. The summed E-state index contributed by atoms with van der Waals surface area (Å²) in [5, 5.41) is 0. The lowest BCUT2D eigenvalue weighted by Gasteiger charge is -2.23. The third-order valence-corrected chi connectivity index (χ3v) is 7.64. The predicted octanol–water partition coefficient (Wildman–Crippen LogP) is 6.77. The Labute approximate surface area is 234 Å². The molecule has 0 unspecified atom stereocenters. The molecular formula is C31H32FNO6S. The molecule has 0 aliphatic carbocycles. The second-order valence-corrected chi connectivity index (χ2v) is 10.9. The molecule has 0 aliphatic rings. The number of hydrogen-bond donors (Lipinski definition) is 0. The first-order valence-electron chi connectivity index (χ1n) is 13.1. The fourth-order valence-corrected chi connectivity index (χ4v) is 5.17. The van der Waals surface area contributed by atoms with Gasteiger partial charge in [0.15, 0.2) is 11.5 Å². The SMILES string of the molecule is CCCCCc1ccc(C(=O)N(Cc2ccc(OC)c(OS(=O)(=O)c3ccc(F)cc3)c2)Cc2ccco2)cc1. The van der Waals surface area contributed by atoms with Gasteiger partial charge in [-0.1, -0.05) is 38.0 Å². The summed E-state index contributed by atoms with van der Waals surface area (Å²) in [6, 6.07) is 20.3. The summed E-state index contributed by atoms with van der Waals surface area (Å²) in [7, 11) is -2.87. The van der Waals surface area contributed by atoms with E-state index in [-0.39, 0.29) is 35.4 Å². The van der Waals surface area contributed by atoms with Crippen LogP contribution in [0.1, 0.15) is 53.4 Å². The summed E-state index contributed by atoms with van der Waals surface area (Å²) in [6.07, 6.45) is 5.93. The van der Waals surface area contributed by atoms with Crippen LogP contribution >= 0.6 is 0 Å². The molecular weight excluding hydrogens is 533 g/mol. The first-order chi connectivity index (χ1) is 19.3. The molecule has 3 aromatic carbocycles. The molecule has 40 heavy (non-hydrogen) atoms. The molecule has 0 N–H and O–H groups in total. The number of aryl methyl sites for hydroxylation is 1. The van der Waals surface area contributed by atoms with E-state index in [4.69, 9.17) is 13.3 Å². The Kier molecular flexibility index (Phi) is 9.60. The maximum absolute atomic E-state index is 13.6. The zero-order chi connectivity index (χ0) is 28.5. The highest BCUT2D eigenvalue weighted by molar-refractivity contribution is 7.87. The molecule has 0 radical (unpaired) electrons. The number of rotatable bonds is 13. The van der Waals surface area contributed by atoms with E-state index >= 15 is 0 Å². The van der Waals surface area contributed by atoms with Crippen molar-refractivity contribution in [1.29, 1.82) is 0 Å². The normalized spacial score (nSPS) is 11.3. The second kappa shape index (κ2) is 13.3. The van der Waals surface area contributed by atoms with E-state index in [0.717, 1.165) is 49.9 Å². The smallest absolute Gasteiger partial charge is 0.339 e. The molecule has 4 rings (SSSR count). The van der Waals surface area contributed by atoms with Crippen molar-refractivity contribution in [2.75, 3.05) is 7.11 Å². The zero-order valence-corrected chi connectivity index (χ0v) is 23.3. The van der Waals surface area contributed by atoms with Gasteiger partial charge in [0, 0.05) is 12.1 Å². The minimum absolute atomic E-state index is 0.0499. The van der Waals surface area contributed by atoms with Crippen molar-refractivity contribution >= 4 is 16.0 Å². The summed E-state index contributed by atoms with van der Waals surface area (Å²) in [5.41, 5.74) is 2.33. The molecule has 0 spiro atoms. The summed E-state index contributed by atoms with van der Waals surface area (Å²) >= 11 is 0. The van der Waals surface area contributed by atoms with Crippen LogP contribution in [0, 0.1) is 5.82 Å². The van der Waals surface area contributed by atoms with Gasteiger partial charge in [0.25, 0.3) is 5.91 Å². The van der Waals surface area contributed by atoms with Crippen molar-refractivity contribution in [3.8, 4) is 11.5 Å². The van der Waals surface area contributed by atoms with E-state index in [9.17, 15) is 17.6 Å². The molecule has 4 aromatic rings. The van der Waals surface area contributed by atoms with Gasteiger partial charge in [-0.25, -0.2) is 4.39 Å². The van der Waals surface area contributed by atoms with Crippen molar-refractivity contribution in [3.63, 3.8) is 0 Å². The van der Waals surface area contributed by atoms with Crippen LogP contribution in [0.3, 0.4) is 0 Å². The zero-order valence-electron chi connectivity index (χ0n) is 22.5. The number of ether oxygens (including phenoxy) is 1. The molecule has 0 saturated heterocycles. The van der Waals surface area contributed by atoms with Gasteiger partial charge in [-0.3, -0.25) is 4.79 Å². The third kappa shape index (κ3) is 7.51. The number of amides is 1. The van der Waals surface area contributed by atoms with Gasteiger partial charge in [0.2, 0.25) is 0 Å². The van der Waals surface area contributed by atoms with E-state index in [0.29, 0.717) is 16.9 Å². The van der Waals surface area contributed by atoms with Gasteiger partial charge < -0.3 is 18.2 Å². The van der Waals surface area contributed by atoms with Gasteiger partial charge in [0.1, 0.15) is 16.5 Å². The molecule has 0 atom stereocenters. The van der Waals surface area contributed by atoms with Crippen LogP contribution in [0.25, 0.3) is 0 Å². The first-order valence-corrected chi connectivity index (χ1v) is 14.5. The molecule has 1 aromatic heterocycles. The van der Waals surface area contributed by atoms with E-state index in [1.165, 1.54) is 18.7 Å². The molecule has 9 heteroatoms. The summed E-state index contributed by atoms with van der Waals surface area (Å²) in [5.74, 6) is -0.0173. The van der Waals surface area contributed by atoms with Crippen LogP contribution in [0.4, 0.5) is 4.39 Å². The lowest BCUT2D eigenvalue weighted by atomic mass is 10.0. The highest BCUT2D eigenvalue weighted by Gasteiger charge is 2.22. The minimum atomic E-state index is -4.26. The third-order valence-electron chi connectivity index (χ3n) is 6.39. The fourth-order valence-electron chi connectivity index (χ4n) is 4.24. The molecule has 0 fully saturated rings. The first kappa shape index (κ1) is 28.9. The average molecular weight is 566 g/mol. The van der Waals surface area contributed by atoms with Crippen LogP contribution in [0.2, 0.25) is 0 Å². The molecule has 7 nitrogen and oxygen atoms in total. The van der Waals surface area contributed by atoms with E-state index in [2.05, 4.69) is 6.92 Å².